The molecule has 1 rings (SSSR count). The molecule has 0 unspecified atom stereocenters. The second-order valence-electron chi connectivity index (χ2n) is 3.25. The van der Waals surface area contributed by atoms with Gasteiger partial charge in [-0.15, -0.1) is 12.4 Å². The molecule has 0 saturated carbocycles. The lowest BCUT2D eigenvalue weighted by atomic mass is 10.0. The Hall–Kier alpha value is -0.810. The molecule has 1 aromatic carbocycles. The second-order valence-corrected chi connectivity index (χ2v) is 3.25. The average Bonchev–Trinajstić information content (AvgIpc) is 2.14. The average molecular weight is 258 g/mol. The highest BCUT2D eigenvalue weighted by Gasteiger charge is 2.34. The molecule has 0 aliphatic heterocycles. The van der Waals surface area contributed by atoms with Crippen LogP contribution in [0.4, 0.5) is 17.6 Å². The Morgan fingerprint density at radius 1 is 1.31 bits per heavy atom. The van der Waals surface area contributed by atoms with Crippen molar-refractivity contribution in [3.8, 4) is 0 Å². The van der Waals surface area contributed by atoms with Gasteiger partial charge in [0.1, 0.15) is 5.82 Å². The third-order valence-corrected chi connectivity index (χ3v) is 2.17. The Balaban J connectivity index is 0.00000225. The largest absolute Gasteiger partial charge is 0.419 e. The third-order valence-electron chi connectivity index (χ3n) is 2.17. The van der Waals surface area contributed by atoms with Crippen LogP contribution in [0, 0.1) is 5.82 Å². The predicted molar refractivity (Wildman–Crippen MR) is 55.9 cm³/mol. The molecule has 0 saturated heterocycles. The number of hydrogen-bond donors (Lipinski definition) is 1. The van der Waals surface area contributed by atoms with Crippen LogP contribution >= 0.6 is 12.4 Å². The van der Waals surface area contributed by atoms with Crippen molar-refractivity contribution in [1.29, 1.82) is 0 Å². The molecule has 0 spiro atoms. The first-order valence-corrected chi connectivity index (χ1v) is 4.48. The zero-order valence-corrected chi connectivity index (χ0v) is 9.33. The summed E-state index contributed by atoms with van der Waals surface area (Å²) in [5, 5.41) is 0. The Labute approximate surface area is 97.0 Å². The van der Waals surface area contributed by atoms with Crippen LogP contribution in [0.1, 0.15) is 30.5 Å². The molecule has 2 N–H and O–H groups in total. The van der Waals surface area contributed by atoms with E-state index in [9.17, 15) is 17.6 Å². The van der Waals surface area contributed by atoms with Crippen molar-refractivity contribution in [2.24, 2.45) is 5.73 Å². The summed E-state index contributed by atoms with van der Waals surface area (Å²) in [5.41, 5.74) is 4.70. The molecule has 0 bridgehead atoms. The van der Waals surface area contributed by atoms with Crippen molar-refractivity contribution < 1.29 is 17.6 Å². The standard InChI is InChI=1S/C10H11F4N.ClH/c1-2-9(15)6-3-4-7(8(11)5-6)10(12,13)14;/h3-5,9H,2,15H2,1H3;1H/t9-;/m1./s1. The van der Waals surface area contributed by atoms with E-state index in [0.717, 1.165) is 12.1 Å². The van der Waals surface area contributed by atoms with Crippen LogP contribution in [0.2, 0.25) is 0 Å². The van der Waals surface area contributed by atoms with Gasteiger partial charge in [0.25, 0.3) is 0 Å². The normalized spacial score (nSPS) is 13.1. The Bertz CT molecular complexity index is 351. The minimum atomic E-state index is -4.65. The second kappa shape index (κ2) is 5.50. The molecule has 0 aliphatic carbocycles. The van der Waals surface area contributed by atoms with E-state index in [4.69, 9.17) is 5.73 Å². The molecule has 0 fully saturated rings. The smallest absolute Gasteiger partial charge is 0.324 e. The van der Waals surface area contributed by atoms with Gasteiger partial charge < -0.3 is 5.73 Å². The summed E-state index contributed by atoms with van der Waals surface area (Å²) in [7, 11) is 0. The van der Waals surface area contributed by atoms with E-state index in [1.807, 2.05) is 0 Å². The molecule has 0 aromatic heterocycles. The van der Waals surface area contributed by atoms with Gasteiger partial charge in [0.2, 0.25) is 0 Å². The van der Waals surface area contributed by atoms with Gasteiger partial charge in [-0.05, 0) is 24.1 Å². The lowest BCUT2D eigenvalue weighted by Crippen LogP contribution is -2.12. The van der Waals surface area contributed by atoms with Gasteiger partial charge in [-0.2, -0.15) is 13.2 Å². The van der Waals surface area contributed by atoms with E-state index in [1.165, 1.54) is 6.07 Å². The van der Waals surface area contributed by atoms with E-state index in [2.05, 4.69) is 0 Å². The summed E-state index contributed by atoms with van der Waals surface area (Å²) < 4.78 is 49.6. The molecular formula is C10H12ClF4N. The van der Waals surface area contributed by atoms with Crippen molar-refractivity contribution in [3.63, 3.8) is 0 Å². The van der Waals surface area contributed by atoms with Crippen LogP contribution in [0.3, 0.4) is 0 Å². The number of halogens is 5. The maximum atomic E-state index is 13.1. The van der Waals surface area contributed by atoms with Crippen LogP contribution in [0.15, 0.2) is 18.2 Å². The van der Waals surface area contributed by atoms with Gasteiger partial charge in [-0.3, -0.25) is 0 Å². The van der Waals surface area contributed by atoms with E-state index in [1.54, 1.807) is 6.92 Å². The van der Waals surface area contributed by atoms with Crippen molar-refractivity contribution in [2.75, 3.05) is 0 Å². The fourth-order valence-corrected chi connectivity index (χ4v) is 1.23. The first-order chi connectivity index (χ1) is 6.86. The number of hydrogen-bond acceptors (Lipinski definition) is 1. The lowest BCUT2D eigenvalue weighted by Gasteiger charge is -2.12. The van der Waals surface area contributed by atoms with Gasteiger partial charge in [0.05, 0.1) is 5.56 Å². The van der Waals surface area contributed by atoms with Crippen molar-refractivity contribution in [1.82, 2.24) is 0 Å². The molecule has 16 heavy (non-hydrogen) atoms. The zero-order valence-electron chi connectivity index (χ0n) is 8.51. The first kappa shape index (κ1) is 15.2. The van der Waals surface area contributed by atoms with Crippen molar-refractivity contribution >= 4 is 12.4 Å². The number of alkyl halides is 3. The molecule has 0 aliphatic rings. The zero-order chi connectivity index (χ0) is 11.6. The Kier molecular flexibility index (Phi) is 5.22. The lowest BCUT2D eigenvalue weighted by molar-refractivity contribution is -0.140. The van der Waals surface area contributed by atoms with E-state index >= 15 is 0 Å². The fourth-order valence-electron chi connectivity index (χ4n) is 1.23. The van der Waals surface area contributed by atoms with E-state index in [-0.39, 0.29) is 12.4 Å². The fraction of sp³-hybridized carbons (Fsp3) is 0.400. The van der Waals surface area contributed by atoms with Gasteiger partial charge >= 0.3 is 6.18 Å². The molecule has 0 amide bonds. The Morgan fingerprint density at radius 2 is 1.88 bits per heavy atom. The third kappa shape index (κ3) is 3.35. The number of nitrogens with two attached hydrogens (primary N) is 1. The minimum absolute atomic E-state index is 0. The molecule has 6 heteroatoms. The Morgan fingerprint density at radius 3 is 2.25 bits per heavy atom. The van der Waals surface area contributed by atoms with Crippen molar-refractivity contribution in [2.45, 2.75) is 25.6 Å². The van der Waals surface area contributed by atoms with Gasteiger partial charge in [0, 0.05) is 6.04 Å². The summed E-state index contributed by atoms with van der Waals surface area (Å²) in [4.78, 5) is 0. The summed E-state index contributed by atoms with van der Waals surface area (Å²) >= 11 is 0. The topological polar surface area (TPSA) is 26.0 Å². The molecular weight excluding hydrogens is 246 g/mol. The quantitative estimate of drug-likeness (QED) is 0.804. The number of benzene rings is 1. The summed E-state index contributed by atoms with van der Waals surface area (Å²) in [6.45, 7) is 1.78. The van der Waals surface area contributed by atoms with Crippen LogP contribution < -0.4 is 5.73 Å². The van der Waals surface area contributed by atoms with Crippen LogP contribution in [-0.4, -0.2) is 0 Å². The maximum Gasteiger partial charge on any atom is 0.419 e. The summed E-state index contributed by atoms with van der Waals surface area (Å²) in [5.74, 6) is -1.27. The molecule has 0 radical (unpaired) electrons. The maximum absolute atomic E-state index is 13.1. The van der Waals surface area contributed by atoms with Crippen LogP contribution in [0.5, 0.6) is 0 Å². The highest BCUT2D eigenvalue weighted by atomic mass is 35.5. The number of rotatable bonds is 2. The van der Waals surface area contributed by atoms with Gasteiger partial charge in [-0.25, -0.2) is 4.39 Å². The summed E-state index contributed by atoms with van der Waals surface area (Å²) in [6, 6.07) is 2.35. The van der Waals surface area contributed by atoms with E-state index < -0.39 is 23.6 Å². The first-order valence-electron chi connectivity index (χ1n) is 4.48. The van der Waals surface area contributed by atoms with Crippen molar-refractivity contribution in [3.05, 3.63) is 35.1 Å². The molecule has 1 atom stereocenters. The van der Waals surface area contributed by atoms with Crippen LogP contribution in [0.25, 0.3) is 0 Å². The van der Waals surface area contributed by atoms with Crippen LogP contribution in [-0.2, 0) is 6.18 Å². The van der Waals surface area contributed by atoms with Gasteiger partial charge in [-0.1, -0.05) is 13.0 Å². The molecule has 92 valence electrons. The SMILES string of the molecule is CC[C@@H](N)c1ccc(C(F)(F)F)c(F)c1.Cl. The monoisotopic (exact) mass is 257 g/mol. The summed E-state index contributed by atoms with van der Waals surface area (Å²) in [6.07, 6.45) is -4.11. The molecule has 0 heterocycles. The highest BCUT2D eigenvalue weighted by Crippen LogP contribution is 2.32. The van der Waals surface area contributed by atoms with E-state index in [0.29, 0.717) is 12.0 Å². The predicted octanol–water partition coefficient (Wildman–Crippen LogP) is 3.68. The van der Waals surface area contributed by atoms with Gasteiger partial charge in [0.15, 0.2) is 0 Å². The minimum Gasteiger partial charge on any atom is -0.324 e. The molecule has 1 nitrogen and oxygen atoms in total. The highest BCUT2D eigenvalue weighted by molar-refractivity contribution is 5.85. The molecule has 1 aromatic rings.